The molecule has 0 aliphatic carbocycles. The summed E-state index contributed by atoms with van der Waals surface area (Å²) < 4.78 is 1.90. The number of nitrogens with zero attached hydrogens (tertiary/aromatic N) is 3. The molecule has 0 saturated heterocycles. The maximum Gasteiger partial charge on any atom is 0.158 e. The highest BCUT2D eigenvalue weighted by atomic mass is 35.5. The lowest BCUT2D eigenvalue weighted by atomic mass is 10.1. The molecule has 1 N–H and O–H groups in total. The Bertz CT molecular complexity index is 1010. The molecule has 0 fully saturated rings. The number of hydrogen-bond donors (Lipinski definition) is 1. The van der Waals surface area contributed by atoms with Gasteiger partial charge in [0.25, 0.3) is 0 Å². The van der Waals surface area contributed by atoms with E-state index in [4.69, 9.17) is 16.6 Å². The van der Waals surface area contributed by atoms with Crippen LogP contribution in [0, 0.1) is 6.92 Å². The molecule has 4 aromatic rings. The van der Waals surface area contributed by atoms with Crippen molar-refractivity contribution in [2.75, 3.05) is 11.9 Å². The zero-order valence-corrected chi connectivity index (χ0v) is 14.1. The summed E-state index contributed by atoms with van der Waals surface area (Å²) in [4.78, 5) is 4.74. The van der Waals surface area contributed by atoms with Gasteiger partial charge in [-0.3, -0.25) is 0 Å². The van der Waals surface area contributed by atoms with Crippen LogP contribution in [0.3, 0.4) is 0 Å². The Labute approximate surface area is 145 Å². The van der Waals surface area contributed by atoms with E-state index in [9.17, 15) is 0 Å². The van der Waals surface area contributed by atoms with E-state index in [0.717, 1.165) is 46.1 Å². The summed E-state index contributed by atoms with van der Waals surface area (Å²) in [7, 11) is 0. The Morgan fingerprint density at radius 3 is 2.71 bits per heavy atom. The van der Waals surface area contributed by atoms with Crippen LogP contribution in [0.4, 0.5) is 5.82 Å². The van der Waals surface area contributed by atoms with E-state index in [1.807, 2.05) is 41.8 Å². The zero-order chi connectivity index (χ0) is 16.5. The third-order valence-corrected chi connectivity index (χ3v) is 4.30. The normalized spacial score (nSPS) is 11.2. The van der Waals surface area contributed by atoms with Gasteiger partial charge >= 0.3 is 0 Å². The van der Waals surface area contributed by atoms with E-state index in [2.05, 4.69) is 34.7 Å². The lowest BCUT2D eigenvalue weighted by Gasteiger charge is -2.10. The van der Waals surface area contributed by atoms with Crippen LogP contribution in [-0.4, -0.2) is 21.1 Å². The van der Waals surface area contributed by atoms with Crippen LogP contribution < -0.4 is 5.32 Å². The van der Waals surface area contributed by atoms with Crippen LogP contribution in [0.25, 0.3) is 16.6 Å². The van der Waals surface area contributed by atoms with Crippen LogP contribution in [0.1, 0.15) is 11.3 Å². The Morgan fingerprint density at radius 1 is 1.08 bits per heavy atom. The standard InChI is InChI=1S/C19H17ClN4/c1-13-12-18-22-19(16-4-2-3-5-17(16)24(18)23-13)21-11-10-14-6-8-15(20)9-7-14/h2-9,12H,10-11H2,1H3,(H,21,22). The second-order valence-electron chi connectivity index (χ2n) is 5.84. The summed E-state index contributed by atoms with van der Waals surface area (Å²) in [5, 5.41) is 9.84. The number of para-hydroxylation sites is 1. The van der Waals surface area contributed by atoms with E-state index in [0.29, 0.717) is 0 Å². The number of anilines is 1. The number of aromatic nitrogens is 3. The average molecular weight is 337 g/mol. The average Bonchev–Trinajstić information content (AvgIpc) is 2.97. The number of benzene rings is 2. The third kappa shape index (κ3) is 2.81. The highest BCUT2D eigenvalue weighted by molar-refractivity contribution is 6.30. The predicted octanol–water partition coefficient (Wildman–Crippen LogP) is 4.50. The molecule has 4 rings (SSSR count). The largest absolute Gasteiger partial charge is 0.369 e. The van der Waals surface area contributed by atoms with Gasteiger partial charge < -0.3 is 5.32 Å². The first-order chi connectivity index (χ1) is 11.7. The molecule has 4 nitrogen and oxygen atoms in total. The van der Waals surface area contributed by atoms with Gasteiger partial charge in [-0.25, -0.2) is 9.50 Å². The molecule has 0 aliphatic heterocycles. The van der Waals surface area contributed by atoms with Crippen LogP contribution >= 0.6 is 11.6 Å². The fourth-order valence-electron chi connectivity index (χ4n) is 2.89. The first-order valence-corrected chi connectivity index (χ1v) is 8.32. The first kappa shape index (κ1) is 15.0. The smallest absolute Gasteiger partial charge is 0.158 e. The van der Waals surface area contributed by atoms with Gasteiger partial charge in [0, 0.05) is 23.0 Å². The molecule has 2 heterocycles. The van der Waals surface area contributed by atoms with Gasteiger partial charge in [-0.05, 0) is 43.2 Å². The monoisotopic (exact) mass is 336 g/mol. The first-order valence-electron chi connectivity index (χ1n) is 7.94. The van der Waals surface area contributed by atoms with Crippen molar-refractivity contribution in [3.05, 3.63) is 70.9 Å². The van der Waals surface area contributed by atoms with E-state index in [1.165, 1.54) is 5.56 Å². The fraction of sp³-hybridized carbons (Fsp3) is 0.158. The highest BCUT2D eigenvalue weighted by Gasteiger charge is 2.09. The van der Waals surface area contributed by atoms with Gasteiger partial charge in [-0.2, -0.15) is 5.10 Å². The molecule has 0 aliphatic rings. The Balaban J connectivity index is 1.63. The molecular weight excluding hydrogens is 320 g/mol. The number of hydrogen-bond acceptors (Lipinski definition) is 3. The van der Waals surface area contributed by atoms with E-state index in [1.54, 1.807) is 0 Å². The number of fused-ring (bicyclic) bond motifs is 3. The molecule has 0 radical (unpaired) electrons. The summed E-state index contributed by atoms with van der Waals surface area (Å²) >= 11 is 5.93. The van der Waals surface area contributed by atoms with Crippen molar-refractivity contribution in [1.82, 2.24) is 14.6 Å². The maximum absolute atomic E-state index is 5.93. The number of rotatable bonds is 4. The van der Waals surface area contributed by atoms with Crippen molar-refractivity contribution in [2.45, 2.75) is 13.3 Å². The fourth-order valence-corrected chi connectivity index (χ4v) is 3.01. The number of nitrogens with one attached hydrogen (secondary N) is 1. The molecule has 0 unspecified atom stereocenters. The molecule has 0 spiro atoms. The molecular formula is C19H17ClN4. The molecule has 24 heavy (non-hydrogen) atoms. The van der Waals surface area contributed by atoms with Crippen molar-refractivity contribution in [2.24, 2.45) is 0 Å². The minimum atomic E-state index is 0.765. The van der Waals surface area contributed by atoms with Gasteiger partial charge in [-0.1, -0.05) is 35.9 Å². The van der Waals surface area contributed by atoms with E-state index < -0.39 is 0 Å². The van der Waals surface area contributed by atoms with Gasteiger partial charge in [0.1, 0.15) is 5.82 Å². The zero-order valence-electron chi connectivity index (χ0n) is 13.3. The molecule has 0 saturated carbocycles. The summed E-state index contributed by atoms with van der Waals surface area (Å²) in [6.07, 6.45) is 0.913. The predicted molar refractivity (Wildman–Crippen MR) is 98.9 cm³/mol. The van der Waals surface area contributed by atoms with Gasteiger partial charge in [0.05, 0.1) is 11.2 Å². The molecule has 120 valence electrons. The lowest BCUT2D eigenvalue weighted by molar-refractivity contribution is 0.950. The molecule has 2 aromatic carbocycles. The van der Waals surface area contributed by atoms with E-state index >= 15 is 0 Å². The molecule has 0 atom stereocenters. The van der Waals surface area contributed by atoms with Crippen LogP contribution in [0.15, 0.2) is 54.6 Å². The van der Waals surface area contributed by atoms with Crippen LogP contribution in [0.2, 0.25) is 5.02 Å². The minimum absolute atomic E-state index is 0.765. The molecule has 5 heteroatoms. The van der Waals surface area contributed by atoms with Gasteiger partial charge in [0.15, 0.2) is 5.65 Å². The number of halogens is 1. The Hall–Kier alpha value is -2.59. The summed E-state index contributed by atoms with van der Waals surface area (Å²) in [5.74, 6) is 0.895. The van der Waals surface area contributed by atoms with Crippen molar-refractivity contribution in [3.63, 3.8) is 0 Å². The number of aryl methyl sites for hydroxylation is 1. The quantitative estimate of drug-likeness (QED) is 0.596. The van der Waals surface area contributed by atoms with Crippen molar-refractivity contribution < 1.29 is 0 Å². The summed E-state index contributed by atoms with van der Waals surface area (Å²) in [5.41, 5.74) is 4.13. The topological polar surface area (TPSA) is 42.2 Å². The molecule has 0 bridgehead atoms. The molecule has 0 amide bonds. The SMILES string of the molecule is Cc1cc2nc(NCCc3ccc(Cl)cc3)c3ccccc3n2n1. The van der Waals surface area contributed by atoms with Crippen molar-refractivity contribution in [1.29, 1.82) is 0 Å². The van der Waals surface area contributed by atoms with Gasteiger partial charge in [-0.15, -0.1) is 0 Å². The van der Waals surface area contributed by atoms with Crippen LogP contribution in [-0.2, 0) is 6.42 Å². The van der Waals surface area contributed by atoms with Crippen molar-refractivity contribution in [3.8, 4) is 0 Å². The minimum Gasteiger partial charge on any atom is -0.369 e. The lowest BCUT2D eigenvalue weighted by Crippen LogP contribution is -2.08. The third-order valence-electron chi connectivity index (χ3n) is 4.05. The second kappa shape index (κ2) is 6.13. The van der Waals surface area contributed by atoms with Crippen molar-refractivity contribution >= 4 is 34.0 Å². The Morgan fingerprint density at radius 2 is 1.88 bits per heavy atom. The maximum atomic E-state index is 5.93. The van der Waals surface area contributed by atoms with Crippen LogP contribution in [0.5, 0.6) is 0 Å². The van der Waals surface area contributed by atoms with Gasteiger partial charge in [0.2, 0.25) is 0 Å². The summed E-state index contributed by atoms with van der Waals surface area (Å²) in [6.45, 7) is 2.79. The highest BCUT2D eigenvalue weighted by Crippen LogP contribution is 2.23. The summed E-state index contributed by atoms with van der Waals surface area (Å²) in [6, 6.07) is 18.1. The Kier molecular flexibility index (Phi) is 3.82. The van der Waals surface area contributed by atoms with E-state index in [-0.39, 0.29) is 0 Å². The second-order valence-corrected chi connectivity index (χ2v) is 6.27. The molecule has 2 aromatic heterocycles.